The molecule has 3 nitrogen and oxygen atoms in total. The Morgan fingerprint density at radius 3 is 2.53 bits per heavy atom. The van der Waals surface area contributed by atoms with Crippen LogP contribution in [0.3, 0.4) is 0 Å². The molecule has 0 bridgehead atoms. The van der Waals surface area contributed by atoms with Crippen LogP contribution in [0.15, 0.2) is 17.5 Å². The maximum atomic E-state index is 10.2. The van der Waals surface area contributed by atoms with E-state index in [-0.39, 0.29) is 11.6 Å². The van der Waals surface area contributed by atoms with Gasteiger partial charge in [-0.05, 0) is 46.1 Å². The number of nitrogens with zero attached hydrogens (tertiary/aromatic N) is 1. The summed E-state index contributed by atoms with van der Waals surface area (Å²) in [5, 5.41) is 15.6. The van der Waals surface area contributed by atoms with Crippen LogP contribution >= 0.6 is 11.3 Å². The van der Waals surface area contributed by atoms with Crippen LogP contribution in [0.1, 0.15) is 39.5 Å². The highest BCUT2D eigenvalue weighted by atomic mass is 32.1. The third kappa shape index (κ3) is 7.06. The van der Waals surface area contributed by atoms with E-state index in [2.05, 4.69) is 62.3 Å². The SMILES string of the molecule is CC(C)N(Cc1cccs1)CC(O)CNC(C)(C)C. The van der Waals surface area contributed by atoms with Gasteiger partial charge in [-0.15, -0.1) is 11.3 Å². The van der Waals surface area contributed by atoms with Crippen LogP contribution in [0.25, 0.3) is 0 Å². The van der Waals surface area contributed by atoms with E-state index in [4.69, 9.17) is 0 Å². The quantitative estimate of drug-likeness (QED) is 0.808. The van der Waals surface area contributed by atoms with Gasteiger partial charge in [0.1, 0.15) is 0 Å². The molecule has 19 heavy (non-hydrogen) atoms. The third-order valence-electron chi connectivity index (χ3n) is 2.98. The van der Waals surface area contributed by atoms with E-state index >= 15 is 0 Å². The Kier molecular flexibility index (Phi) is 6.47. The molecule has 0 fully saturated rings. The Morgan fingerprint density at radius 2 is 2.05 bits per heavy atom. The molecule has 0 aliphatic carbocycles. The lowest BCUT2D eigenvalue weighted by Crippen LogP contribution is -2.45. The summed E-state index contributed by atoms with van der Waals surface area (Å²) in [6, 6.07) is 4.67. The second-order valence-corrected chi connectivity index (χ2v) is 7.42. The molecule has 0 saturated carbocycles. The lowest BCUT2D eigenvalue weighted by molar-refractivity contribution is 0.0859. The number of β-amino-alcohol motifs (C(OH)–C–C–N with tert-alkyl or cyclic N) is 1. The van der Waals surface area contributed by atoms with E-state index < -0.39 is 0 Å². The van der Waals surface area contributed by atoms with Crippen molar-refractivity contribution in [3.63, 3.8) is 0 Å². The highest BCUT2D eigenvalue weighted by Gasteiger charge is 2.17. The fourth-order valence-electron chi connectivity index (χ4n) is 1.82. The third-order valence-corrected chi connectivity index (χ3v) is 3.84. The van der Waals surface area contributed by atoms with E-state index in [1.807, 2.05) is 0 Å². The largest absolute Gasteiger partial charge is 0.390 e. The van der Waals surface area contributed by atoms with E-state index in [9.17, 15) is 5.11 Å². The number of aliphatic hydroxyl groups is 1. The van der Waals surface area contributed by atoms with Crippen molar-refractivity contribution in [2.75, 3.05) is 13.1 Å². The first kappa shape index (κ1) is 16.6. The second kappa shape index (κ2) is 7.39. The summed E-state index contributed by atoms with van der Waals surface area (Å²) >= 11 is 1.77. The summed E-state index contributed by atoms with van der Waals surface area (Å²) in [5.74, 6) is 0. The molecular formula is C15H28N2OS. The van der Waals surface area contributed by atoms with Crippen molar-refractivity contribution in [2.45, 2.75) is 58.8 Å². The summed E-state index contributed by atoms with van der Waals surface area (Å²) in [5.41, 5.74) is 0.0530. The lowest BCUT2D eigenvalue weighted by atomic mass is 10.1. The lowest BCUT2D eigenvalue weighted by Gasteiger charge is -2.30. The maximum Gasteiger partial charge on any atom is 0.0791 e. The van der Waals surface area contributed by atoms with Crippen molar-refractivity contribution in [1.29, 1.82) is 0 Å². The molecule has 0 aliphatic heterocycles. The molecule has 0 spiro atoms. The molecule has 1 unspecified atom stereocenters. The molecular weight excluding hydrogens is 256 g/mol. The average Bonchev–Trinajstić information content (AvgIpc) is 2.77. The molecule has 110 valence electrons. The average molecular weight is 284 g/mol. The molecule has 2 N–H and O–H groups in total. The maximum absolute atomic E-state index is 10.2. The van der Waals surface area contributed by atoms with Crippen LogP contribution in [-0.2, 0) is 6.54 Å². The summed E-state index contributed by atoms with van der Waals surface area (Å²) in [6.07, 6.45) is -0.332. The van der Waals surface area contributed by atoms with Crippen molar-refractivity contribution in [1.82, 2.24) is 10.2 Å². The number of nitrogens with one attached hydrogen (secondary N) is 1. The number of hydrogen-bond acceptors (Lipinski definition) is 4. The normalized spacial score (nSPS) is 14.3. The van der Waals surface area contributed by atoms with E-state index in [1.165, 1.54) is 4.88 Å². The first-order valence-corrected chi connectivity index (χ1v) is 7.85. The van der Waals surface area contributed by atoms with Crippen LogP contribution < -0.4 is 5.32 Å². The Hall–Kier alpha value is -0.420. The topological polar surface area (TPSA) is 35.5 Å². The minimum absolute atomic E-state index is 0.0530. The van der Waals surface area contributed by atoms with Gasteiger partial charge in [-0.2, -0.15) is 0 Å². The van der Waals surface area contributed by atoms with E-state index in [0.717, 1.165) is 6.54 Å². The predicted molar refractivity (Wildman–Crippen MR) is 83.6 cm³/mol. The monoisotopic (exact) mass is 284 g/mol. The van der Waals surface area contributed by atoms with E-state index in [1.54, 1.807) is 11.3 Å². The fourth-order valence-corrected chi connectivity index (χ4v) is 2.55. The first-order chi connectivity index (χ1) is 8.78. The molecule has 1 rings (SSSR count). The van der Waals surface area contributed by atoms with Crippen LogP contribution in [0.2, 0.25) is 0 Å². The fraction of sp³-hybridized carbons (Fsp3) is 0.733. The molecule has 0 saturated heterocycles. The highest BCUT2D eigenvalue weighted by molar-refractivity contribution is 7.09. The van der Waals surface area contributed by atoms with Crippen molar-refractivity contribution >= 4 is 11.3 Å². The van der Waals surface area contributed by atoms with Gasteiger partial charge < -0.3 is 10.4 Å². The van der Waals surface area contributed by atoms with Crippen molar-refractivity contribution in [2.24, 2.45) is 0 Å². The summed E-state index contributed by atoms with van der Waals surface area (Å²) in [6.45, 7) is 13.0. The van der Waals surface area contributed by atoms with Crippen LogP contribution in [-0.4, -0.2) is 40.8 Å². The zero-order valence-corrected chi connectivity index (χ0v) is 13.6. The van der Waals surface area contributed by atoms with E-state index in [0.29, 0.717) is 19.1 Å². The van der Waals surface area contributed by atoms with Gasteiger partial charge in [0.05, 0.1) is 6.10 Å². The van der Waals surface area contributed by atoms with Gasteiger partial charge in [-0.1, -0.05) is 6.07 Å². The number of hydrogen-bond donors (Lipinski definition) is 2. The minimum Gasteiger partial charge on any atom is -0.390 e. The highest BCUT2D eigenvalue weighted by Crippen LogP contribution is 2.14. The van der Waals surface area contributed by atoms with Crippen molar-refractivity contribution in [3.05, 3.63) is 22.4 Å². The summed E-state index contributed by atoms with van der Waals surface area (Å²) in [4.78, 5) is 3.67. The Bertz CT molecular complexity index is 344. The standard InChI is InChI=1S/C15H28N2OS/c1-12(2)17(11-14-7-6-8-19-14)10-13(18)9-16-15(3,4)5/h6-8,12-13,16,18H,9-11H2,1-5H3. The van der Waals surface area contributed by atoms with Gasteiger partial charge in [0, 0.05) is 36.1 Å². The molecule has 0 aromatic carbocycles. The van der Waals surface area contributed by atoms with Gasteiger partial charge in [0.2, 0.25) is 0 Å². The number of thiophene rings is 1. The van der Waals surface area contributed by atoms with Gasteiger partial charge in [-0.25, -0.2) is 0 Å². The van der Waals surface area contributed by atoms with Gasteiger partial charge >= 0.3 is 0 Å². The van der Waals surface area contributed by atoms with Gasteiger partial charge in [0.25, 0.3) is 0 Å². The van der Waals surface area contributed by atoms with Crippen LogP contribution in [0.4, 0.5) is 0 Å². The minimum atomic E-state index is -0.332. The molecule has 0 amide bonds. The van der Waals surface area contributed by atoms with Gasteiger partial charge in [0.15, 0.2) is 0 Å². The Labute approximate surface area is 121 Å². The molecule has 1 aromatic heterocycles. The molecule has 4 heteroatoms. The Morgan fingerprint density at radius 1 is 1.37 bits per heavy atom. The molecule has 1 atom stereocenters. The predicted octanol–water partition coefficient (Wildman–Crippen LogP) is 2.71. The van der Waals surface area contributed by atoms with Crippen molar-refractivity contribution in [3.8, 4) is 0 Å². The molecule has 0 radical (unpaired) electrons. The zero-order valence-electron chi connectivity index (χ0n) is 12.8. The van der Waals surface area contributed by atoms with Gasteiger partial charge in [-0.3, -0.25) is 4.90 Å². The Balaban J connectivity index is 2.44. The summed E-state index contributed by atoms with van der Waals surface area (Å²) in [7, 11) is 0. The number of aliphatic hydroxyl groups excluding tert-OH is 1. The summed E-state index contributed by atoms with van der Waals surface area (Å²) < 4.78 is 0. The number of rotatable bonds is 7. The molecule has 1 aromatic rings. The molecule has 0 aliphatic rings. The molecule has 1 heterocycles. The second-order valence-electron chi connectivity index (χ2n) is 6.39. The van der Waals surface area contributed by atoms with Crippen LogP contribution in [0.5, 0.6) is 0 Å². The van der Waals surface area contributed by atoms with Crippen molar-refractivity contribution < 1.29 is 5.11 Å². The van der Waals surface area contributed by atoms with Crippen LogP contribution in [0, 0.1) is 0 Å². The zero-order chi connectivity index (χ0) is 14.5. The smallest absolute Gasteiger partial charge is 0.0791 e. The first-order valence-electron chi connectivity index (χ1n) is 6.97.